The number of halogens is 5. The van der Waals surface area contributed by atoms with E-state index in [1.54, 1.807) is 49.0 Å². The number of amides is 1. The van der Waals surface area contributed by atoms with Crippen LogP contribution in [-0.4, -0.2) is 51.2 Å². The lowest BCUT2D eigenvalue weighted by Crippen LogP contribution is -2.44. The smallest absolute Gasteiger partial charge is 0.408 e. The van der Waals surface area contributed by atoms with Crippen molar-refractivity contribution < 1.29 is 36.3 Å². The molecule has 43 heavy (non-hydrogen) atoms. The molecule has 0 saturated heterocycles. The molecule has 4 rings (SSSR count). The molecule has 3 aromatic heterocycles. The molecule has 0 saturated carbocycles. The Bertz CT molecular complexity index is 1720. The fourth-order valence-corrected chi connectivity index (χ4v) is 4.74. The molecule has 3 heterocycles. The zero-order valence-electron chi connectivity index (χ0n) is 23.6. The Labute approximate surface area is 242 Å². The summed E-state index contributed by atoms with van der Waals surface area (Å²) in [6, 6.07) is 2.71. The highest BCUT2D eigenvalue weighted by atomic mass is 19.4. The minimum absolute atomic E-state index is 0.204. The van der Waals surface area contributed by atoms with Gasteiger partial charge in [-0.3, -0.25) is 9.59 Å². The first-order valence-electron chi connectivity index (χ1n) is 13.1. The SMILES string of the molecule is CC[C@@H](Nc1cc(F)c(C(=O)N[C@@H](Cc2ccc(-c3c(C)ccn(C)c3=O)c3nccn23)C(=O)OC)c(F)c1)C(F)(F)F. The fourth-order valence-electron chi connectivity index (χ4n) is 4.74. The van der Waals surface area contributed by atoms with Crippen LogP contribution < -0.4 is 16.2 Å². The Kier molecular flexibility index (Phi) is 8.88. The standard InChI is InChI=1S/C29H28F5N5O4/c1-5-22(29(32,33)34)36-16-12-19(30)24(20(31)13-16)26(40)37-21(28(42)43-4)14-17-6-7-18(25-35-9-11-39(17)25)23-15(2)8-10-38(3)27(23)41/h6-13,21-22,36H,5,14H2,1-4H3,(H,37,40)/t21-,22+/m0/s1. The molecule has 228 valence electrons. The van der Waals surface area contributed by atoms with Crippen molar-refractivity contribution in [2.45, 2.75) is 44.9 Å². The monoisotopic (exact) mass is 605 g/mol. The summed E-state index contributed by atoms with van der Waals surface area (Å²) >= 11 is 0. The Morgan fingerprint density at radius 2 is 1.77 bits per heavy atom. The van der Waals surface area contributed by atoms with Crippen LogP contribution in [0.2, 0.25) is 0 Å². The van der Waals surface area contributed by atoms with Crippen molar-refractivity contribution >= 4 is 23.2 Å². The molecule has 0 unspecified atom stereocenters. The minimum atomic E-state index is -4.67. The van der Waals surface area contributed by atoms with Gasteiger partial charge in [-0.25, -0.2) is 18.6 Å². The van der Waals surface area contributed by atoms with Crippen LogP contribution >= 0.6 is 0 Å². The number of hydrogen-bond donors (Lipinski definition) is 2. The fraction of sp³-hybridized carbons (Fsp3) is 0.310. The van der Waals surface area contributed by atoms with Crippen molar-refractivity contribution in [3.8, 4) is 11.1 Å². The number of rotatable bonds is 9. The predicted molar refractivity (Wildman–Crippen MR) is 148 cm³/mol. The van der Waals surface area contributed by atoms with Crippen LogP contribution in [0.5, 0.6) is 0 Å². The van der Waals surface area contributed by atoms with Crippen LogP contribution in [0.3, 0.4) is 0 Å². The third kappa shape index (κ3) is 6.37. The molecule has 0 radical (unpaired) electrons. The molecule has 9 nitrogen and oxygen atoms in total. The molecule has 1 amide bonds. The van der Waals surface area contributed by atoms with Crippen molar-refractivity contribution in [3.63, 3.8) is 0 Å². The summed E-state index contributed by atoms with van der Waals surface area (Å²) < 4.78 is 76.9. The summed E-state index contributed by atoms with van der Waals surface area (Å²) in [4.78, 5) is 42.8. The zero-order valence-corrected chi connectivity index (χ0v) is 23.6. The van der Waals surface area contributed by atoms with E-state index in [0.29, 0.717) is 40.2 Å². The normalized spacial score (nSPS) is 13.0. The van der Waals surface area contributed by atoms with Gasteiger partial charge in [0.05, 0.1) is 12.7 Å². The third-order valence-corrected chi connectivity index (χ3v) is 7.00. The Morgan fingerprint density at radius 1 is 1.09 bits per heavy atom. The van der Waals surface area contributed by atoms with Gasteiger partial charge in [0, 0.05) is 49.0 Å². The second kappa shape index (κ2) is 12.2. The Hall–Kier alpha value is -4.75. The molecule has 2 N–H and O–H groups in total. The van der Waals surface area contributed by atoms with Crippen molar-refractivity contribution in [1.29, 1.82) is 0 Å². The van der Waals surface area contributed by atoms with Crippen molar-refractivity contribution in [3.05, 3.63) is 87.7 Å². The first-order valence-corrected chi connectivity index (χ1v) is 13.1. The highest BCUT2D eigenvalue weighted by Crippen LogP contribution is 2.28. The summed E-state index contributed by atoms with van der Waals surface area (Å²) in [6.45, 7) is 3.04. The predicted octanol–water partition coefficient (Wildman–Crippen LogP) is 4.55. The lowest BCUT2D eigenvalue weighted by Gasteiger charge is -2.22. The summed E-state index contributed by atoms with van der Waals surface area (Å²) in [5.41, 5.74) is 0.665. The number of esters is 1. The first kappa shape index (κ1) is 31.2. The van der Waals surface area contributed by atoms with Crippen molar-refractivity contribution in [1.82, 2.24) is 19.3 Å². The number of benzene rings is 1. The van der Waals surface area contributed by atoms with E-state index in [4.69, 9.17) is 4.74 Å². The molecule has 0 fully saturated rings. The number of carbonyl (C=O) groups excluding carboxylic acids is 2. The first-order chi connectivity index (χ1) is 20.3. The van der Waals surface area contributed by atoms with Gasteiger partial charge in [-0.05, 0) is 49.2 Å². The van der Waals surface area contributed by atoms with Gasteiger partial charge in [-0.15, -0.1) is 0 Å². The van der Waals surface area contributed by atoms with Gasteiger partial charge in [0.15, 0.2) is 0 Å². The number of aryl methyl sites for hydroxylation is 2. The number of nitrogens with one attached hydrogen (secondary N) is 2. The largest absolute Gasteiger partial charge is 0.467 e. The second-order valence-electron chi connectivity index (χ2n) is 9.86. The maximum Gasteiger partial charge on any atom is 0.408 e. The van der Waals surface area contributed by atoms with E-state index in [0.717, 1.165) is 7.11 Å². The summed E-state index contributed by atoms with van der Waals surface area (Å²) in [7, 11) is 2.68. The Balaban J connectivity index is 1.64. The van der Waals surface area contributed by atoms with Crippen LogP contribution in [-0.2, 0) is 23.0 Å². The van der Waals surface area contributed by atoms with E-state index in [1.807, 2.05) is 5.32 Å². The number of carbonyl (C=O) groups is 2. The van der Waals surface area contributed by atoms with E-state index < -0.39 is 59.4 Å². The van der Waals surface area contributed by atoms with Crippen LogP contribution in [0.1, 0.15) is 35.0 Å². The number of imidazole rings is 1. The van der Waals surface area contributed by atoms with Gasteiger partial charge in [0.1, 0.15) is 34.9 Å². The molecule has 1 aromatic carbocycles. The lowest BCUT2D eigenvalue weighted by molar-refractivity contribution is -0.143. The van der Waals surface area contributed by atoms with E-state index in [2.05, 4.69) is 10.3 Å². The second-order valence-corrected chi connectivity index (χ2v) is 9.86. The van der Waals surface area contributed by atoms with Gasteiger partial charge in [-0.1, -0.05) is 6.92 Å². The number of alkyl halides is 3. The zero-order chi connectivity index (χ0) is 31.6. The number of ether oxygens (including phenoxy) is 1. The number of nitrogens with zero attached hydrogens (tertiary/aromatic N) is 3. The molecule has 0 bridgehead atoms. The van der Waals surface area contributed by atoms with Gasteiger partial charge in [-0.2, -0.15) is 13.2 Å². The van der Waals surface area contributed by atoms with Crippen LogP contribution in [0.15, 0.2) is 53.7 Å². The van der Waals surface area contributed by atoms with Gasteiger partial charge in [0.2, 0.25) is 0 Å². The quantitative estimate of drug-likeness (QED) is 0.214. The van der Waals surface area contributed by atoms with Gasteiger partial charge >= 0.3 is 12.1 Å². The summed E-state index contributed by atoms with van der Waals surface area (Å²) in [5.74, 6) is -5.10. The molecule has 14 heteroatoms. The van der Waals surface area contributed by atoms with E-state index in [9.17, 15) is 36.3 Å². The molecule has 4 aromatic rings. The maximum absolute atomic E-state index is 14.9. The lowest BCUT2D eigenvalue weighted by atomic mass is 10.0. The molecule has 2 atom stereocenters. The molecule has 0 spiro atoms. The van der Waals surface area contributed by atoms with E-state index >= 15 is 0 Å². The average molecular weight is 606 g/mol. The minimum Gasteiger partial charge on any atom is -0.467 e. The van der Waals surface area contributed by atoms with E-state index in [-0.39, 0.29) is 12.0 Å². The summed E-state index contributed by atoms with van der Waals surface area (Å²) in [5, 5.41) is 4.28. The van der Waals surface area contributed by atoms with Gasteiger partial charge < -0.3 is 24.3 Å². The number of hydrogen-bond acceptors (Lipinski definition) is 6. The Morgan fingerprint density at radius 3 is 2.37 bits per heavy atom. The number of fused-ring (bicyclic) bond motifs is 1. The number of pyridine rings is 2. The molecular formula is C29H28F5N5O4. The third-order valence-electron chi connectivity index (χ3n) is 7.00. The topological polar surface area (TPSA) is 107 Å². The number of methoxy groups -OCH3 is 1. The van der Waals surface area contributed by atoms with Crippen LogP contribution in [0.25, 0.3) is 16.8 Å². The molecule has 0 aliphatic heterocycles. The molecule has 0 aliphatic carbocycles. The average Bonchev–Trinajstić information content (AvgIpc) is 3.44. The highest BCUT2D eigenvalue weighted by molar-refractivity contribution is 5.97. The number of anilines is 1. The van der Waals surface area contributed by atoms with Gasteiger partial charge in [0.25, 0.3) is 11.5 Å². The van der Waals surface area contributed by atoms with E-state index in [1.165, 1.54) is 17.7 Å². The van der Waals surface area contributed by atoms with Crippen molar-refractivity contribution in [2.24, 2.45) is 7.05 Å². The number of aromatic nitrogens is 3. The van der Waals surface area contributed by atoms with Crippen molar-refractivity contribution in [2.75, 3.05) is 12.4 Å². The summed E-state index contributed by atoms with van der Waals surface area (Å²) in [6.07, 6.45) is -0.560. The molecule has 0 aliphatic rings. The van der Waals surface area contributed by atoms with Crippen LogP contribution in [0, 0.1) is 18.6 Å². The highest BCUT2D eigenvalue weighted by Gasteiger charge is 2.38. The van der Waals surface area contributed by atoms with Crippen LogP contribution in [0.4, 0.5) is 27.6 Å². The molecular weight excluding hydrogens is 577 g/mol. The maximum atomic E-state index is 14.9.